The number of benzene rings is 2. The Morgan fingerprint density at radius 2 is 1.70 bits per heavy atom. The molecule has 0 unspecified atom stereocenters. The van der Waals surface area contributed by atoms with Crippen molar-refractivity contribution in [3.8, 4) is 11.4 Å². The van der Waals surface area contributed by atoms with Crippen LogP contribution in [-0.4, -0.2) is 40.5 Å². The molecular weight excluding hydrogens is 457 g/mol. The summed E-state index contributed by atoms with van der Waals surface area (Å²) in [5, 5.41) is 3.80. The molecule has 0 atom stereocenters. The summed E-state index contributed by atoms with van der Waals surface area (Å²) < 4.78 is 0. The number of urea groups is 1. The van der Waals surface area contributed by atoms with Crippen LogP contribution in [-0.2, 0) is 13.0 Å². The van der Waals surface area contributed by atoms with Crippen molar-refractivity contribution < 1.29 is 4.79 Å². The quantitative estimate of drug-likeness (QED) is 0.495. The van der Waals surface area contributed by atoms with E-state index in [1.807, 2.05) is 35.2 Å². The van der Waals surface area contributed by atoms with Crippen LogP contribution in [0, 0.1) is 0 Å². The van der Waals surface area contributed by atoms with E-state index < -0.39 is 0 Å². The van der Waals surface area contributed by atoms with E-state index in [4.69, 9.17) is 33.2 Å². The van der Waals surface area contributed by atoms with Gasteiger partial charge in [-0.25, -0.2) is 14.8 Å². The number of halogens is 2. The van der Waals surface area contributed by atoms with Crippen molar-refractivity contribution >= 4 is 40.7 Å². The first kappa shape index (κ1) is 22.0. The highest BCUT2D eigenvalue weighted by Gasteiger charge is 2.28. The maximum Gasteiger partial charge on any atom is 0.322 e. The predicted octanol–water partition coefficient (Wildman–Crippen LogP) is 6.03. The second-order valence-corrected chi connectivity index (χ2v) is 9.25. The van der Waals surface area contributed by atoms with Crippen LogP contribution in [0.3, 0.4) is 0 Å². The summed E-state index contributed by atoms with van der Waals surface area (Å²) in [6, 6.07) is 15.0. The standard InChI is InChI=1S/C25H25Cl2N5O/c26-20-10-9-18(15-21(20)27)28-25(33)32-14-11-22-19(16-32)24(31-12-5-2-6-13-31)30-23(29-22)17-7-3-1-4-8-17/h1,3-4,7-10,15H,2,5-6,11-14,16H2,(H,28,33). The normalized spacial score (nSPS) is 15.8. The fourth-order valence-electron chi connectivity index (χ4n) is 4.43. The molecular formula is C25H25Cl2N5O. The lowest BCUT2D eigenvalue weighted by Gasteiger charge is -2.34. The molecule has 1 fully saturated rings. The van der Waals surface area contributed by atoms with Gasteiger partial charge >= 0.3 is 6.03 Å². The van der Waals surface area contributed by atoms with Gasteiger partial charge in [-0.3, -0.25) is 0 Å². The average Bonchev–Trinajstić information content (AvgIpc) is 2.86. The zero-order valence-electron chi connectivity index (χ0n) is 18.2. The second-order valence-electron chi connectivity index (χ2n) is 8.44. The Hall–Kier alpha value is -2.83. The highest BCUT2D eigenvalue weighted by atomic mass is 35.5. The van der Waals surface area contributed by atoms with E-state index >= 15 is 0 Å². The van der Waals surface area contributed by atoms with Gasteiger partial charge in [-0.1, -0.05) is 53.5 Å². The van der Waals surface area contributed by atoms with E-state index in [0.717, 1.165) is 54.4 Å². The number of aromatic nitrogens is 2. The molecule has 33 heavy (non-hydrogen) atoms. The molecule has 2 aromatic carbocycles. The Kier molecular flexibility index (Phi) is 6.38. The largest absolute Gasteiger partial charge is 0.356 e. The van der Waals surface area contributed by atoms with Gasteiger partial charge in [0, 0.05) is 42.9 Å². The molecule has 8 heteroatoms. The highest BCUT2D eigenvalue weighted by Crippen LogP contribution is 2.32. The summed E-state index contributed by atoms with van der Waals surface area (Å²) in [5.41, 5.74) is 3.71. The summed E-state index contributed by atoms with van der Waals surface area (Å²) in [4.78, 5) is 27.1. The summed E-state index contributed by atoms with van der Waals surface area (Å²) in [7, 11) is 0. The second kappa shape index (κ2) is 9.57. The van der Waals surface area contributed by atoms with Gasteiger partial charge in [-0.15, -0.1) is 0 Å². The Labute approximate surface area is 203 Å². The third-order valence-corrected chi connectivity index (χ3v) is 6.92. The maximum atomic E-state index is 13.0. The van der Waals surface area contributed by atoms with Crippen LogP contribution in [0.4, 0.5) is 16.3 Å². The first-order valence-corrected chi connectivity index (χ1v) is 12.1. The molecule has 0 saturated carbocycles. The molecule has 0 spiro atoms. The van der Waals surface area contributed by atoms with Gasteiger partial charge in [0.05, 0.1) is 22.3 Å². The van der Waals surface area contributed by atoms with Crippen LogP contribution in [0.2, 0.25) is 10.0 Å². The van der Waals surface area contributed by atoms with E-state index in [-0.39, 0.29) is 6.03 Å². The smallest absolute Gasteiger partial charge is 0.322 e. The van der Waals surface area contributed by atoms with Gasteiger partial charge in [-0.2, -0.15) is 0 Å². The average molecular weight is 482 g/mol. The molecule has 0 aliphatic carbocycles. The van der Waals surface area contributed by atoms with Gasteiger partial charge < -0.3 is 15.1 Å². The maximum absolute atomic E-state index is 13.0. The van der Waals surface area contributed by atoms with E-state index in [0.29, 0.717) is 35.2 Å². The fraction of sp³-hybridized carbons (Fsp3) is 0.320. The summed E-state index contributed by atoms with van der Waals surface area (Å²) >= 11 is 12.1. The number of amides is 2. The lowest BCUT2D eigenvalue weighted by molar-refractivity contribution is 0.206. The lowest BCUT2D eigenvalue weighted by atomic mass is 10.0. The van der Waals surface area contributed by atoms with Crippen molar-refractivity contribution in [3.63, 3.8) is 0 Å². The molecule has 6 nitrogen and oxygen atoms in total. The Morgan fingerprint density at radius 1 is 0.909 bits per heavy atom. The molecule has 170 valence electrons. The molecule has 3 aromatic rings. The van der Waals surface area contributed by atoms with Crippen molar-refractivity contribution in [2.75, 3.05) is 29.9 Å². The number of anilines is 2. The Bertz CT molecular complexity index is 1160. The van der Waals surface area contributed by atoms with Crippen molar-refractivity contribution in [2.45, 2.75) is 32.2 Å². The topological polar surface area (TPSA) is 61.4 Å². The molecule has 3 heterocycles. The number of nitrogens with zero attached hydrogens (tertiary/aromatic N) is 4. The number of nitrogens with one attached hydrogen (secondary N) is 1. The van der Waals surface area contributed by atoms with Gasteiger partial charge in [0.2, 0.25) is 0 Å². The number of carbonyl (C=O) groups excluding carboxylic acids is 1. The third kappa shape index (κ3) is 4.77. The Morgan fingerprint density at radius 3 is 2.45 bits per heavy atom. The molecule has 0 radical (unpaired) electrons. The minimum atomic E-state index is -0.171. The monoisotopic (exact) mass is 481 g/mol. The van der Waals surface area contributed by atoms with Crippen LogP contribution >= 0.6 is 23.2 Å². The molecule has 0 bridgehead atoms. The molecule has 5 rings (SSSR count). The zero-order chi connectivity index (χ0) is 22.8. The number of hydrogen-bond acceptors (Lipinski definition) is 4. The SMILES string of the molecule is O=C(Nc1ccc(Cl)c(Cl)c1)N1CCc2nc(-c3ccccc3)nc(N3CCCCC3)c2C1. The number of hydrogen-bond donors (Lipinski definition) is 1. The van der Waals surface area contributed by atoms with Gasteiger partial charge in [0.15, 0.2) is 5.82 Å². The Balaban J connectivity index is 1.44. The first-order valence-electron chi connectivity index (χ1n) is 11.3. The minimum absolute atomic E-state index is 0.171. The highest BCUT2D eigenvalue weighted by molar-refractivity contribution is 6.42. The van der Waals surface area contributed by atoms with Crippen molar-refractivity contribution in [3.05, 3.63) is 69.8 Å². The zero-order valence-corrected chi connectivity index (χ0v) is 19.7. The van der Waals surface area contributed by atoms with E-state index in [9.17, 15) is 4.79 Å². The number of fused-ring (bicyclic) bond motifs is 1. The fourth-order valence-corrected chi connectivity index (χ4v) is 4.73. The predicted molar refractivity (Wildman–Crippen MR) is 133 cm³/mol. The molecule has 2 aliphatic heterocycles. The van der Waals surface area contributed by atoms with Crippen LogP contribution in [0.1, 0.15) is 30.5 Å². The number of piperidine rings is 1. The van der Waals surface area contributed by atoms with Gasteiger partial charge in [-0.05, 0) is 37.5 Å². The van der Waals surface area contributed by atoms with Gasteiger partial charge in [0.1, 0.15) is 5.82 Å². The van der Waals surface area contributed by atoms with Crippen molar-refractivity contribution in [2.24, 2.45) is 0 Å². The van der Waals surface area contributed by atoms with Crippen molar-refractivity contribution in [1.82, 2.24) is 14.9 Å². The number of carbonyl (C=O) groups is 1. The lowest BCUT2D eigenvalue weighted by Crippen LogP contribution is -2.41. The summed E-state index contributed by atoms with van der Waals surface area (Å²) in [6.45, 7) is 3.02. The third-order valence-electron chi connectivity index (χ3n) is 6.18. The van der Waals surface area contributed by atoms with Crippen LogP contribution in [0.25, 0.3) is 11.4 Å². The van der Waals surface area contributed by atoms with E-state index in [2.05, 4.69) is 10.2 Å². The van der Waals surface area contributed by atoms with E-state index in [1.54, 1.807) is 18.2 Å². The van der Waals surface area contributed by atoms with E-state index in [1.165, 1.54) is 6.42 Å². The first-order chi connectivity index (χ1) is 16.1. The van der Waals surface area contributed by atoms with Crippen molar-refractivity contribution in [1.29, 1.82) is 0 Å². The summed E-state index contributed by atoms with van der Waals surface area (Å²) in [6.07, 6.45) is 4.24. The molecule has 1 N–H and O–H groups in total. The van der Waals surface area contributed by atoms with Gasteiger partial charge in [0.25, 0.3) is 0 Å². The molecule has 2 amide bonds. The minimum Gasteiger partial charge on any atom is -0.356 e. The van der Waals surface area contributed by atoms with Crippen LogP contribution in [0.15, 0.2) is 48.5 Å². The summed E-state index contributed by atoms with van der Waals surface area (Å²) in [5.74, 6) is 1.72. The number of rotatable bonds is 3. The molecule has 1 saturated heterocycles. The van der Waals surface area contributed by atoms with Crippen LogP contribution in [0.5, 0.6) is 0 Å². The van der Waals surface area contributed by atoms with Crippen LogP contribution < -0.4 is 10.2 Å². The molecule has 1 aromatic heterocycles. The molecule has 2 aliphatic rings.